The number of anilines is 1. The lowest BCUT2D eigenvalue weighted by Crippen LogP contribution is -2.68. The molecule has 1 fully saturated rings. The van der Waals surface area contributed by atoms with Crippen molar-refractivity contribution in [2.24, 2.45) is 0 Å². The Morgan fingerprint density at radius 3 is 2.08 bits per heavy atom. The summed E-state index contributed by atoms with van der Waals surface area (Å²) in [6.45, 7) is 8.71. The normalized spacial score (nSPS) is 14.2. The molecule has 0 spiro atoms. The molecule has 1 atom stereocenters. The number of likely N-dealkylation sites (tertiary alicyclic amines) is 1. The van der Waals surface area contributed by atoms with Gasteiger partial charge in [0.15, 0.2) is 0 Å². The molecular weight excluding hydrogens is 834 g/mol. The number of carbonyl (C=O) groups excluding carboxylic acids is 1. The molecular formula is C50H57F3N6O4Si. The number of aliphatic hydroxyl groups excluding tert-OH is 1. The topological polar surface area (TPSA) is 113 Å². The number of halogens is 3. The molecule has 0 saturated carbocycles. The van der Waals surface area contributed by atoms with Crippen molar-refractivity contribution >= 4 is 30.4 Å². The Hall–Kier alpha value is -6.09. The summed E-state index contributed by atoms with van der Waals surface area (Å²) < 4.78 is 56.1. The van der Waals surface area contributed by atoms with Gasteiger partial charge < -0.3 is 35.1 Å². The maximum Gasteiger partial charge on any atom is 0.416 e. The van der Waals surface area contributed by atoms with Gasteiger partial charge in [0.2, 0.25) is 0 Å². The Bertz CT molecular complexity index is 2330. The number of piperidine rings is 1. The minimum Gasteiger partial charge on any atom is -0.534 e. The Morgan fingerprint density at radius 1 is 0.844 bits per heavy atom. The van der Waals surface area contributed by atoms with Crippen molar-refractivity contribution in [1.29, 1.82) is 0 Å². The number of hydrogen-bond acceptors (Lipinski definition) is 7. The van der Waals surface area contributed by atoms with Crippen LogP contribution in [-0.4, -0.2) is 79.1 Å². The highest BCUT2D eigenvalue weighted by atomic mass is 28.4. The first-order valence-electron chi connectivity index (χ1n) is 21.8. The van der Waals surface area contributed by atoms with Gasteiger partial charge in [-0.3, -0.25) is 0 Å². The van der Waals surface area contributed by atoms with Gasteiger partial charge in [-0.2, -0.15) is 18.3 Å². The molecule has 1 saturated heterocycles. The van der Waals surface area contributed by atoms with E-state index in [9.17, 15) is 23.1 Å². The second-order valence-electron chi connectivity index (χ2n) is 17.2. The molecule has 5 aromatic carbocycles. The van der Waals surface area contributed by atoms with Gasteiger partial charge in [0.05, 0.1) is 11.3 Å². The number of aliphatic hydroxyl groups is 1. The van der Waals surface area contributed by atoms with E-state index in [2.05, 4.69) is 102 Å². The predicted molar refractivity (Wildman–Crippen MR) is 248 cm³/mol. The molecule has 336 valence electrons. The molecule has 10 nitrogen and oxygen atoms in total. The lowest BCUT2D eigenvalue weighted by Gasteiger charge is -2.43. The fourth-order valence-corrected chi connectivity index (χ4v) is 12.7. The highest BCUT2D eigenvalue weighted by molar-refractivity contribution is 7.00. The van der Waals surface area contributed by atoms with Gasteiger partial charge in [0.1, 0.15) is 24.2 Å². The van der Waals surface area contributed by atoms with Crippen molar-refractivity contribution in [3.8, 4) is 17.2 Å². The number of nitrogens with zero attached hydrogens (tertiary/aromatic N) is 3. The van der Waals surface area contributed by atoms with Crippen LogP contribution >= 0.6 is 0 Å². The monoisotopic (exact) mass is 890 g/mol. The zero-order chi connectivity index (χ0) is 45.2. The molecule has 0 aliphatic carbocycles. The van der Waals surface area contributed by atoms with E-state index in [1.54, 1.807) is 23.2 Å². The third-order valence-electron chi connectivity index (χ3n) is 11.6. The van der Waals surface area contributed by atoms with Crippen LogP contribution in [0.4, 0.5) is 23.7 Å². The number of aromatic nitrogens is 2. The van der Waals surface area contributed by atoms with Crippen molar-refractivity contribution < 1.29 is 32.2 Å². The van der Waals surface area contributed by atoms with Crippen molar-refractivity contribution in [2.75, 3.05) is 38.1 Å². The molecule has 2 amide bonds. The van der Waals surface area contributed by atoms with Crippen molar-refractivity contribution in [3.63, 3.8) is 0 Å². The molecule has 7 rings (SSSR count). The number of rotatable bonds is 17. The number of urea groups is 1. The van der Waals surface area contributed by atoms with Crippen molar-refractivity contribution in [2.45, 2.75) is 69.9 Å². The van der Waals surface area contributed by atoms with E-state index >= 15 is 0 Å². The molecule has 0 radical (unpaired) electrons. The fourth-order valence-electron chi connectivity index (χ4n) is 8.24. The maximum absolute atomic E-state index is 13.9. The van der Waals surface area contributed by atoms with Crippen LogP contribution in [0, 0.1) is 0 Å². The van der Waals surface area contributed by atoms with Crippen LogP contribution in [0.25, 0.3) is 5.69 Å². The first kappa shape index (κ1) is 45.9. The van der Waals surface area contributed by atoms with Crippen LogP contribution in [-0.2, 0) is 19.1 Å². The summed E-state index contributed by atoms with van der Waals surface area (Å²) in [7, 11) is -2.75. The Balaban J connectivity index is 0.803. The summed E-state index contributed by atoms with van der Waals surface area (Å²) in [6, 6.07) is 42.3. The molecule has 64 heavy (non-hydrogen) atoms. The minimum absolute atomic E-state index is 0.00698. The summed E-state index contributed by atoms with van der Waals surface area (Å²) in [6.07, 6.45) is 0.00728. The summed E-state index contributed by atoms with van der Waals surface area (Å²) in [4.78, 5) is 14.6. The van der Waals surface area contributed by atoms with Gasteiger partial charge in [0.25, 0.3) is 0 Å². The van der Waals surface area contributed by atoms with Gasteiger partial charge in [-0.25, -0.2) is 9.48 Å². The number of amides is 2. The highest BCUT2D eigenvalue weighted by Gasteiger charge is 2.52. The van der Waals surface area contributed by atoms with Crippen molar-refractivity contribution in [3.05, 3.63) is 163 Å². The van der Waals surface area contributed by atoms with Crippen LogP contribution in [0.3, 0.4) is 0 Å². The van der Waals surface area contributed by atoms with Crippen LogP contribution in [0.1, 0.15) is 50.3 Å². The standard InChI is InChI=1S/C50H57F3N6O4Si/c1-49(2,3)64(45-11-6-4-7-12-45,46-13-8-5-9-14-46)63-44-23-21-43(22-24-44)62-36-42(60)35-54-29-25-37-15-18-39(19-16-37)57-40-26-31-58(32-27-40)48(61)55-34-38-17-20-41(59-30-10-28-56-59)33-47(38)50(51,52)53/h4-24,28,30,33,40,42,54,57,60H,25-27,29,31-32,34-36H2,1-3H3,(H,55,61)/t42-/m0/s1. The smallest absolute Gasteiger partial charge is 0.416 e. The number of hydrogen-bond donors (Lipinski definition) is 4. The van der Waals surface area contributed by atoms with Gasteiger partial charge in [-0.15, -0.1) is 0 Å². The second-order valence-corrected chi connectivity index (χ2v) is 21.4. The van der Waals surface area contributed by atoms with Crippen LogP contribution in [0.2, 0.25) is 5.04 Å². The zero-order valence-corrected chi connectivity index (χ0v) is 37.5. The first-order chi connectivity index (χ1) is 30.8. The summed E-state index contributed by atoms with van der Waals surface area (Å²) in [5.41, 5.74) is 1.62. The SMILES string of the molecule is CC(C)(C)[Si](Oc1ccc(OC[C@@H](O)CNCCc2ccc(NC3CCN(C(=O)NCc4ccc(-n5cccn5)cc4C(F)(F)F)CC3)cc2)cc1)(c1ccccc1)c1ccccc1. The fraction of sp³-hybridized carbons (Fsp3) is 0.320. The second kappa shape index (κ2) is 20.6. The molecule has 0 bridgehead atoms. The minimum atomic E-state index is -4.58. The van der Waals surface area contributed by atoms with E-state index in [4.69, 9.17) is 9.16 Å². The number of alkyl halides is 3. The van der Waals surface area contributed by atoms with Gasteiger partial charge >= 0.3 is 20.5 Å². The van der Waals surface area contributed by atoms with Crippen LogP contribution in [0.5, 0.6) is 11.5 Å². The number of nitrogens with one attached hydrogen (secondary N) is 3. The molecule has 1 aliphatic heterocycles. The number of benzene rings is 5. The van der Waals surface area contributed by atoms with Gasteiger partial charge in [-0.1, -0.05) is 99.6 Å². The zero-order valence-electron chi connectivity index (χ0n) is 36.5. The average molecular weight is 891 g/mol. The third-order valence-corrected chi connectivity index (χ3v) is 16.6. The molecule has 14 heteroatoms. The first-order valence-corrected chi connectivity index (χ1v) is 23.7. The molecule has 0 unspecified atom stereocenters. The van der Waals surface area contributed by atoms with E-state index in [0.717, 1.165) is 29.5 Å². The molecule has 6 aromatic rings. The van der Waals surface area contributed by atoms with Gasteiger partial charge in [0, 0.05) is 50.3 Å². The quantitative estimate of drug-likeness (QED) is 0.0540. The summed E-state index contributed by atoms with van der Waals surface area (Å²) in [5, 5.41) is 26.5. The lowest BCUT2D eigenvalue weighted by molar-refractivity contribution is -0.138. The molecule has 4 N–H and O–H groups in total. The van der Waals surface area contributed by atoms with Crippen molar-refractivity contribution in [1.82, 2.24) is 25.3 Å². The molecule has 1 aliphatic rings. The van der Waals surface area contributed by atoms with Crippen LogP contribution < -0.4 is 35.5 Å². The molecule has 1 aromatic heterocycles. The largest absolute Gasteiger partial charge is 0.534 e. The van der Waals surface area contributed by atoms with Crippen LogP contribution in [0.15, 0.2) is 146 Å². The highest BCUT2D eigenvalue weighted by Crippen LogP contribution is 2.38. The van der Waals surface area contributed by atoms with Gasteiger partial charge in [-0.05, 0) is 107 Å². The van der Waals surface area contributed by atoms with E-state index in [-0.39, 0.29) is 35.8 Å². The maximum atomic E-state index is 13.9. The number of carbonyl (C=O) groups is 1. The third kappa shape index (κ3) is 11.5. The summed E-state index contributed by atoms with van der Waals surface area (Å²) >= 11 is 0. The van der Waals surface area contributed by atoms with E-state index in [1.807, 2.05) is 48.5 Å². The average Bonchev–Trinajstić information content (AvgIpc) is 3.85. The Morgan fingerprint density at radius 2 is 1.48 bits per heavy atom. The Kier molecular flexibility index (Phi) is 14.8. The summed E-state index contributed by atoms with van der Waals surface area (Å²) in [5.74, 6) is 1.43. The lowest BCUT2D eigenvalue weighted by atomic mass is 10.0. The Labute approximate surface area is 374 Å². The van der Waals surface area contributed by atoms with E-state index < -0.39 is 26.2 Å². The van der Waals surface area contributed by atoms with E-state index in [1.165, 1.54) is 27.3 Å². The van der Waals surface area contributed by atoms with E-state index in [0.29, 0.717) is 50.5 Å². The molecule has 2 heterocycles. The predicted octanol–water partition coefficient (Wildman–Crippen LogP) is 8.19. The number of ether oxygens (including phenoxy) is 1.